The van der Waals surface area contributed by atoms with Crippen LogP contribution in [0, 0.1) is 5.92 Å². The van der Waals surface area contributed by atoms with E-state index in [-0.39, 0.29) is 5.91 Å². The number of nitrogens with one attached hydrogen (secondary N) is 1. The molecule has 0 radical (unpaired) electrons. The molecule has 1 amide bonds. The average Bonchev–Trinajstić information content (AvgIpc) is 2.92. The minimum absolute atomic E-state index is 0.0357. The number of para-hydroxylation sites is 1. The second-order valence-electron chi connectivity index (χ2n) is 4.62. The molecule has 1 fully saturated rings. The minimum Gasteiger partial charge on any atom is -0.454 e. The third kappa shape index (κ3) is 1.95. The van der Waals surface area contributed by atoms with Crippen molar-refractivity contribution in [2.24, 2.45) is 5.92 Å². The van der Waals surface area contributed by atoms with Crippen LogP contribution in [-0.4, -0.2) is 19.2 Å². The molecule has 3 rings (SSSR count). The number of fused-ring (bicyclic) bond motifs is 1. The topological polar surface area (TPSA) is 47.6 Å². The van der Waals surface area contributed by atoms with E-state index in [2.05, 4.69) is 11.4 Å². The largest absolute Gasteiger partial charge is 0.454 e. The fourth-order valence-corrected chi connectivity index (χ4v) is 2.37. The van der Waals surface area contributed by atoms with Gasteiger partial charge in [0.2, 0.25) is 12.7 Å². The van der Waals surface area contributed by atoms with E-state index in [0.29, 0.717) is 18.6 Å². The average molecular weight is 233 g/mol. The monoisotopic (exact) mass is 233 g/mol. The van der Waals surface area contributed by atoms with Gasteiger partial charge in [-0.25, -0.2) is 0 Å². The molecule has 0 bridgehead atoms. The molecule has 0 saturated heterocycles. The summed E-state index contributed by atoms with van der Waals surface area (Å²) >= 11 is 0. The van der Waals surface area contributed by atoms with Gasteiger partial charge in [-0.3, -0.25) is 4.79 Å². The number of benzene rings is 1. The summed E-state index contributed by atoms with van der Waals surface area (Å²) in [5, 5.41) is 2.86. The Hall–Kier alpha value is -1.71. The molecule has 90 valence electrons. The van der Waals surface area contributed by atoms with Crippen LogP contribution in [0.5, 0.6) is 11.5 Å². The van der Waals surface area contributed by atoms with E-state index in [1.54, 1.807) is 6.92 Å². The molecule has 2 aliphatic rings. The van der Waals surface area contributed by atoms with Crippen molar-refractivity contribution < 1.29 is 14.3 Å². The summed E-state index contributed by atoms with van der Waals surface area (Å²) in [5.74, 6) is 2.80. The van der Waals surface area contributed by atoms with Crippen molar-refractivity contribution in [2.75, 3.05) is 13.3 Å². The molecular weight excluding hydrogens is 218 g/mol. The van der Waals surface area contributed by atoms with Gasteiger partial charge in [0.15, 0.2) is 11.5 Å². The third-order valence-corrected chi connectivity index (χ3v) is 3.36. The molecule has 4 nitrogen and oxygen atoms in total. The first-order valence-electron chi connectivity index (χ1n) is 5.88. The van der Waals surface area contributed by atoms with Crippen molar-refractivity contribution in [3.8, 4) is 11.5 Å². The Balaban J connectivity index is 1.71. The van der Waals surface area contributed by atoms with Crippen molar-refractivity contribution in [3.63, 3.8) is 0 Å². The van der Waals surface area contributed by atoms with E-state index in [1.165, 1.54) is 5.56 Å². The Bertz CT molecular complexity index is 458. The van der Waals surface area contributed by atoms with Crippen molar-refractivity contribution in [1.82, 2.24) is 5.32 Å². The Morgan fingerprint density at radius 3 is 3.18 bits per heavy atom. The molecule has 0 aromatic heterocycles. The van der Waals surface area contributed by atoms with Gasteiger partial charge in [0.25, 0.3) is 0 Å². The number of carbonyl (C=O) groups excluding carboxylic acids is 1. The molecule has 17 heavy (non-hydrogen) atoms. The van der Waals surface area contributed by atoms with Crippen LogP contribution in [0.1, 0.15) is 24.8 Å². The maximum atomic E-state index is 10.9. The predicted molar refractivity (Wildman–Crippen MR) is 62.1 cm³/mol. The summed E-state index contributed by atoms with van der Waals surface area (Å²) in [6.45, 7) is 2.62. The highest BCUT2D eigenvalue weighted by atomic mass is 16.7. The first-order chi connectivity index (χ1) is 8.25. The number of amides is 1. The van der Waals surface area contributed by atoms with E-state index in [1.807, 2.05) is 12.1 Å². The highest BCUT2D eigenvalue weighted by Crippen LogP contribution is 2.52. The van der Waals surface area contributed by atoms with Gasteiger partial charge < -0.3 is 14.8 Å². The molecule has 4 heteroatoms. The first-order valence-corrected chi connectivity index (χ1v) is 5.88. The highest BCUT2D eigenvalue weighted by molar-refractivity contribution is 5.72. The van der Waals surface area contributed by atoms with Crippen LogP contribution in [-0.2, 0) is 4.79 Å². The van der Waals surface area contributed by atoms with Gasteiger partial charge in [0.05, 0.1) is 0 Å². The lowest BCUT2D eigenvalue weighted by Gasteiger charge is -2.05. The molecular formula is C13H15NO3. The molecule has 1 aliphatic carbocycles. The molecule has 2 atom stereocenters. The van der Waals surface area contributed by atoms with Gasteiger partial charge in [-0.2, -0.15) is 0 Å². The maximum Gasteiger partial charge on any atom is 0.231 e. The summed E-state index contributed by atoms with van der Waals surface area (Å²) in [7, 11) is 0. The lowest BCUT2D eigenvalue weighted by Crippen LogP contribution is -2.22. The van der Waals surface area contributed by atoms with Crippen LogP contribution < -0.4 is 14.8 Å². The fraction of sp³-hybridized carbons (Fsp3) is 0.462. The van der Waals surface area contributed by atoms with Crippen LogP contribution in [0.15, 0.2) is 18.2 Å². The summed E-state index contributed by atoms with van der Waals surface area (Å²) in [6.07, 6.45) is 1.11. The molecule has 0 unspecified atom stereocenters. The molecule has 1 heterocycles. The van der Waals surface area contributed by atoms with Gasteiger partial charge in [0.1, 0.15) is 0 Å². The van der Waals surface area contributed by atoms with Gasteiger partial charge in [-0.15, -0.1) is 0 Å². The molecule has 1 aromatic carbocycles. The van der Waals surface area contributed by atoms with E-state index in [4.69, 9.17) is 9.47 Å². The maximum absolute atomic E-state index is 10.9. The lowest BCUT2D eigenvalue weighted by atomic mass is 10.1. The summed E-state index contributed by atoms with van der Waals surface area (Å²) in [6, 6.07) is 6.01. The lowest BCUT2D eigenvalue weighted by molar-refractivity contribution is -0.119. The summed E-state index contributed by atoms with van der Waals surface area (Å²) in [5.41, 5.74) is 1.22. The van der Waals surface area contributed by atoms with Crippen molar-refractivity contribution in [3.05, 3.63) is 23.8 Å². The van der Waals surface area contributed by atoms with Crippen LogP contribution in [0.25, 0.3) is 0 Å². The van der Waals surface area contributed by atoms with Crippen LogP contribution >= 0.6 is 0 Å². The molecule has 0 spiro atoms. The number of ether oxygens (including phenoxy) is 2. The Labute approximate surface area is 99.9 Å². The van der Waals surface area contributed by atoms with Crippen molar-refractivity contribution >= 4 is 5.91 Å². The van der Waals surface area contributed by atoms with Gasteiger partial charge >= 0.3 is 0 Å². The van der Waals surface area contributed by atoms with E-state index >= 15 is 0 Å². The zero-order valence-electron chi connectivity index (χ0n) is 9.73. The second-order valence-corrected chi connectivity index (χ2v) is 4.62. The SMILES string of the molecule is CC(=O)NC[C@@H]1C[C@H]1c1cccc2c1OCO2. The molecule has 1 saturated carbocycles. The fourth-order valence-electron chi connectivity index (χ4n) is 2.37. The van der Waals surface area contributed by atoms with Gasteiger partial charge in [-0.05, 0) is 24.3 Å². The number of rotatable bonds is 3. The molecule has 1 aliphatic heterocycles. The smallest absolute Gasteiger partial charge is 0.231 e. The number of hydrogen-bond donors (Lipinski definition) is 1. The zero-order chi connectivity index (χ0) is 11.8. The Kier molecular flexibility index (Phi) is 2.42. The normalized spacial score (nSPS) is 24.5. The number of carbonyl (C=O) groups is 1. The zero-order valence-corrected chi connectivity index (χ0v) is 9.73. The Morgan fingerprint density at radius 2 is 2.35 bits per heavy atom. The predicted octanol–water partition coefficient (Wildman–Crippen LogP) is 1.65. The highest BCUT2D eigenvalue weighted by Gasteiger charge is 2.41. The van der Waals surface area contributed by atoms with Gasteiger partial charge in [-0.1, -0.05) is 12.1 Å². The first kappa shape index (κ1) is 10.4. The number of hydrogen-bond acceptors (Lipinski definition) is 3. The minimum atomic E-state index is 0.0357. The summed E-state index contributed by atoms with van der Waals surface area (Å²) in [4.78, 5) is 10.9. The van der Waals surface area contributed by atoms with Gasteiger partial charge in [0, 0.05) is 19.0 Å². The van der Waals surface area contributed by atoms with Crippen molar-refractivity contribution in [1.29, 1.82) is 0 Å². The second kappa shape index (κ2) is 3.95. The third-order valence-electron chi connectivity index (χ3n) is 3.36. The van der Waals surface area contributed by atoms with Crippen LogP contribution in [0.4, 0.5) is 0 Å². The van der Waals surface area contributed by atoms with E-state index in [0.717, 1.165) is 24.5 Å². The van der Waals surface area contributed by atoms with E-state index < -0.39 is 0 Å². The summed E-state index contributed by atoms with van der Waals surface area (Å²) < 4.78 is 10.9. The standard InChI is InChI=1S/C13H15NO3/c1-8(15)14-6-9-5-11(9)10-3-2-4-12-13(10)17-7-16-12/h2-4,9,11H,5-7H2,1H3,(H,14,15)/t9-,11+/m0/s1. The van der Waals surface area contributed by atoms with Crippen molar-refractivity contribution in [2.45, 2.75) is 19.3 Å². The Morgan fingerprint density at radius 1 is 1.47 bits per heavy atom. The van der Waals surface area contributed by atoms with E-state index in [9.17, 15) is 4.79 Å². The molecule has 1 aromatic rings. The quantitative estimate of drug-likeness (QED) is 0.863. The van der Waals surface area contributed by atoms with Crippen LogP contribution in [0.3, 0.4) is 0 Å². The molecule has 1 N–H and O–H groups in total. The van der Waals surface area contributed by atoms with Crippen LogP contribution in [0.2, 0.25) is 0 Å².